The molecule has 0 radical (unpaired) electrons. The third-order valence-electron chi connectivity index (χ3n) is 16.9. The molecule has 14 nitrogen and oxygen atoms in total. The zero-order chi connectivity index (χ0) is 61.6. The van der Waals surface area contributed by atoms with E-state index in [1.54, 1.807) is 6.08 Å². The number of amides is 1. The second kappa shape index (κ2) is 55.7. The van der Waals surface area contributed by atoms with E-state index in [-0.39, 0.29) is 18.9 Å². The molecule has 2 fully saturated rings. The standard InChI is InChI=1S/C71H129NO13/c1-3-5-7-9-11-13-15-17-19-21-22-23-24-25-26-27-28-29-30-31-32-33-34-35-36-37-38-39-41-43-45-47-49-51-53-55-63(76)72-59(60(75)54-52-50-48-46-44-42-40-20-18-16-14-12-10-8-6-4-2)58-82-70-68(81)66(79)69(62(57-74)84-70)85-71-67(80)65(78)64(77)61(56-73)83-71/h15,17,21-22,24-25,44,46,52,54,59-62,64-71,73-75,77-81H,3-14,16,18-20,23,26-43,45,47-51,53,55-58H2,1-2H3,(H,72,76)/b17-15-,22-21-,25-24-,46-44+,54-52+. The van der Waals surface area contributed by atoms with Gasteiger partial charge >= 0.3 is 0 Å². The summed E-state index contributed by atoms with van der Waals surface area (Å²) in [5, 5.41) is 87.3. The zero-order valence-electron chi connectivity index (χ0n) is 53.8. The topological polar surface area (TPSA) is 228 Å². The van der Waals surface area contributed by atoms with Gasteiger partial charge < -0.3 is 65.1 Å². The molecule has 0 aliphatic carbocycles. The Morgan fingerprint density at radius 2 is 0.788 bits per heavy atom. The molecule has 496 valence electrons. The summed E-state index contributed by atoms with van der Waals surface area (Å²) >= 11 is 0. The first-order chi connectivity index (χ1) is 41.6. The second-order valence-electron chi connectivity index (χ2n) is 24.6. The van der Waals surface area contributed by atoms with Gasteiger partial charge in [-0.05, 0) is 70.6 Å². The van der Waals surface area contributed by atoms with Crippen LogP contribution in [-0.4, -0.2) is 140 Å². The van der Waals surface area contributed by atoms with Crippen molar-refractivity contribution >= 4 is 5.91 Å². The average Bonchev–Trinajstić information content (AvgIpc) is 3.70. The maximum Gasteiger partial charge on any atom is 0.220 e. The van der Waals surface area contributed by atoms with Crippen molar-refractivity contribution in [2.75, 3.05) is 19.8 Å². The van der Waals surface area contributed by atoms with Crippen molar-refractivity contribution in [3.05, 3.63) is 60.8 Å². The first-order valence-electron chi connectivity index (χ1n) is 35.0. The van der Waals surface area contributed by atoms with Gasteiger partial charge in [-0.25, -0.2) is 0 Å². The molecule has 12 atom stereocenters. The van der Waals surface area contributed by atoms with Crippen LogP contribution >= 0.6 is 0 Å². The molecule has 0 aromatic rings. The summed E-state index contributed by atoms with van der Waals surface area (Å²) in [6.45, 7) is 2.79. The molecule has 85 heavy (non-hydrogen) atoms. The van der Waals surface area contributed by atoms with Crippen LogP contribution in [0.2, 0.25) is 0 Å². The fraction of sp³-hybridized carbons (Fsp3) is 0.845. The van der Waals surface area contributed by atoms with Crippen LogP contribution in [0.4, 0.5) is 0 Å². The summed E-state index contributed by atoms with van der Waals surface area (Å²) in [7, 11) is 0. The van der Waals surface area contributed by atoms with Crippen LogP contribution in [0.25, 0.3) is 0 Å². The summed E-state index contributed by atoms with van der Waals surface area (Å²) < 4.78 is 22.8. The fourth-order valence-corrected chi connectivity index (χ4v) is 11.3. The van der Waals surface area contributed by atoms with E-state index in [4.69, 9.17) is 18.9 Å². The Balaban J connectivity index is 1.62. The first-order valence-corrected chi connectivity index (χ1v) is 35.0. The molecule has 0 spiro atoms. The molecule has 2 rings (SSSR count). The lowest BCUT2D eigenvalue weighted by Gasteiger charge is -2.46. The van der Waals surface area contributed by atoms with Crippen molar-refractivity contribution in [1.82, 2.24) is 5.32 Å². The van der Waals surface area contributed by atoms with Crippen LogP contribution in [0.15, 0.2) is 60.8 Å². The maximum absolute atomic E-state index is 13.3. The minimum absolute atomic E-state index is 0.246. The van der Waals surface area contributed by atoms with E-state index in [1.807, 2.05) is 6.08 Å². The number of rotatable bonds is 57. The number of aliphatic hydroxyl groups is 8. The van der Waals surface area contributed by atoms with Gasteiger partial charge in [0.05, 0.1) is 32.0 Å². The van der Waals surface area contributed by atoms with E-state index in [2.05, 4.69) is 67.8 Å². The van der Waals surface area contributed by atoms with Crippen LogP contribution in [0.1, 0.15) is 290 Å². The molecule has 0 bridgehead atoms. The molecule has 2 heterocycles. The highest BCUT2D eigenvalue weighted by molar-refractivity contribution is 5.76. The lowest BCUT2D eigenvalue weighted by Crippen LogP contribution is -2.65. The number of nitrogens with one attached hydrogen (secondary N) is 1. The Morgan fingerprint density at radius 1 is 0.424 bits per heavy atom. The predicted molar refractivity (Wildman–Crippen MR) is 346 cm³/mol. The quantitative estimate of drug-likeness (QED) is 0.0204. The number of carbonyl (C=O) groups excluding carboxylic acids is 1. The van der Waals surface area contributed by atoms with E-state index in [1.165, 1.54) is 212 Å². The van der Waals surface area contributed by atoms with Gasteiger partial charge in [0.25, 0.3) is 0 Å². The minimum atomic E-state index is -1.79. The lowest BCUT2D eigenvalue weighted by atomic mass is 9.97. The molecule has 12 unspecified atom stereocenters. The third-order valence-corrected chi connectivity index (χ3v) is 16.9. The Kier molecular flexibility index (Phi) is 51.7. The predicted octanol–water partition coefficient (Wildman–Crippen LogP) is 14.1. The molecule has 0 aromatic carbocycles. The summed E-state index contributed by atoms with van der Waals surface area (Å²) in [6.07, 6.45) is 57.2. The van der Waals surface area contributed by atoms with E-state index < -0.39 is 86.8 Å². The molecule has 2 aliphatic heterocycles. The van der Waals surface area contributed by atoms with Crippen molar-refractivity contribution in [3.8, 4) is 0 Å². The number of ether oxygens (including phenoxy) is 4. The van der Waals surface area contributed by atoms with E-state index >= 15 is 0 Å². The number of unbranched alkanes of at least 4 members (excludes halogenated alkanes) is 36. The Labute approximate surface area is 517 Å². The van der Waals surface area contributed by atoms with Crippen LogP contribution < -0.4 is 5.32 Å². The molecular weight excluding hydrogens is 1070 g/mol. The Hall–Kier alpha value is -2.31. The summed E-state index contributed by atoms with van der Waals surface area (Å²) in [4.78, 5) is 13.3. The third kappa shape index (κ3) is 40.1. The molecule has 14 heteroatoms. The van der Waals surface area contributed by atoms with Gasteiger partial charge in [0, 0.05) is 6.42 Å². The number of hydrogen-bond donors (Lipinski definition) is 9. The van der Waals surface area contributed by atoms with Crippen molar-refractivity contribution in [3.63, 3.8) is 0 Å². The average molecular weight is 1200 g/mol. The molecule has 0 aromatic heterocycles. The highest BCUT2D eigenvalue weighted by atomic mass is 16.7. The number of aliphatic hydroxyl groups excluding tert-OH is 8. The SMILES string of the molecule is CCCCCCC/C=C\C/C=C\C/C=C\CCCCCCCCCCCCCCCCCCCCCCC(=O)NC(COC1OC(CO)C(OC2OC(CO)C(O)C(O)C2O)C(O)C1O)C(O)/C=C/CC/C=C/CCCCCCCCCCCC. The summed E-state index contributed by atoms with van der Waals surface area (Å²) in [5.41, 5.74) is 0. The van der Waals surface area contributed by atoms with E-state index in [9.17, 15) is 45.6 Å². The van der Waals surface area contributed by atoms with Crippen LogP contribution in [0.3, 0.4) is 0 Å². The van der Waals surface area contributed by atoms with Crippen molar-refractivity contribution in [1.29, 1.82) is 0 Å². The highest BCUT2D eigenvalue weighted by Gasteiger charge is 2.51. The van der Waals surface area contributed by atoms with Gasteiger partial charge in [-0.2, -0.15) is 0 Å². The normalized spacial score (nSPS) is 23.9. The molecule has 2 saturated heterocycles. The number of hydrogen-bond acceptors (Lipinski definition) is 13. The first kappa shape index (κ1) is 78.8. The monoisotopic (exact) mass is 1200 g/mol. The molecule has 2 aliphatic rings. The maximum atomic E-state index is 13.3. The lowest BCUT2D eigenvalue weighted by molar-refractivity contribution is -0.359. The van der Waals surface area contributed by atoms with Crippen molar-refractivity contribution in [2.45, 2.75) is 364 Å². The van der Waals surface area contributed by atoms with Gasteiger partial charge in [0.1, 0.15) is 48.8 Å². The fourth-order valence-electron chi connectivity index (χ4n) is 11.3. The summed E-state index contributed by atoms with van der Waals surface area (Å²) in [6, 6.07) is -0.932. The van der Waals surface area contributed by atoms with Crippen molar-refractivity contribution in [2.24, 2.45) is 0 Å². The van der Waals surface area contributed by atoms with Crippen molar-refractivity contribution < 1.29 is 64.6 Å². The van der Waals surface area contributed by atoms with Crippen LogP contribution in [-0.2, 0) is 23.7 Å². The number of allylic oxidation sites excluding steroid dienone is 9. The number of carbonyl (C=O) groups is 1. The molecule has 9 N–H and O–H groups in total. The molecule has 1 amide bonds. The smallest absolute Gasteiger partial charge is 0.220 e. The Bertz CT molecular complexity index is 1660. The molecule has 0 saturated carbocycles. The van der Waals surface area contributed by atoms with Gasteiger partial charge in [-0.15, -0.1) is 0 Å². The largest absolute Gasteiger partial charge is 0.394 e. The molecular formula is C71H129NO13. The minimum Gasteiger partial charge on any atom is -0.394 e. The van der Waals surface area contributed by atoms with Gasteiger partial charge in [-0.3, -0.25) is 4.79 Å². The Morgan fingerprint density at radius 3 is 1.24 bits per heavy atom. The van der Waals surface area contributed by atoms with Gasteiger partial charge in [-0.1, -0.05) is 274 Å². The van der Waals surface area contributed by atoms with Crippen LogP contribution in [0.5, 0.6) is 0 Å². The van der Waals surface area contributed by atoms with E-state index in [0.29, 0.717) is 12.8 Å². The summed E-state index contributed by atoms with van der Waals surface area (Å²) in [5.74, 6) is -0.246. The van der Waals surface area contributed by atoms with E-state index in [0.717, 1.165) is 44.9 Å². The van der Waals surface area contributed by atoms with Crippen LogP contribution in [0, 0.1) is 0 Å². The zero-order valence-corrected chi connectivity index (χ0v) is 53.8. The highest BCUT2D eigenvalue weighted by Crippen LogP contribution is 2.30. The van der Waals surface area contributed by atoms with Gasteiger partial charge in [0.15, 0.2) is 12.6 Å². The van der Waals surface area contributed by atoms with Gasteiger partial charge in [0.2, 0.25) is 5.91 Å². The second-order valence-corrected chi connectivity index (χ2v) is 24.6.